The van der Waals surface area contributed by atoms with Gasteiger partial charge in [-0.3, -0.25) is 9.80 Å². The zero-order valence-corrected chi connectivity index (χ0v) is 17.1. The van der Waals surface area contributed by atoms with Crippen molar-refractivity contribution in [2.75, 3.05) is 24.5 Å². The van der Waals surface area contributed by atoms with E-state index in [4.69, 9.17) is 4.74 Å². The predicted octanol–water partition coefficient (Wildman–Crippen LogP) is 5.17. The van der Waals surface area contributed by atoms with E-state index in [9.17, 15) is 4.79 Å². The normalized spacial score (nSPS) is 18.6. The molecule has 1 atom stereocenters. The molecule has 2 rings (SSSR count). The topological polar surface area (TPSA) is 45.7 Å². The molecule has 5 heteroatoms. The first-order valence-corrected chi connectivity index (χ1v) is 10.1. The summed E-state index contributed by atoms with van der Waals surface area (Å²) in [7, 11) is 0. The highest BCUT2D eigenvalue weighted by Crippen LogP contribution is 2.36. The Labute approximate surface area is 158 Å². The van der Waals surface area contributed by atoms with Crippen LogP contribution in [0.5, 0.6) is 0 Å². The Morgan fingerprint density at radius 2 is 2.08 bits per heavy atom. The van der Waals surface area contributed by atoms with Crippen LogP contribution in [-0.4, -0.2) is 41.2 Å². The third-order valence-electron chi connectivity index (χ3n) is 4.62. The number of carbonyl (C=O) groups is 1. The Bertz CT molecular complexity index is 581. The van der Waals surface area contributed by atoms with Gasteiger partial charge in [-0.25, -0.2) is 9.78 Å². The van der Waals surface area contributed by atoms with Gasteiger partial charge < -0.3 is 4.74 Å². The monoisotopic (exact) mass is 361 g/mol. The van der Waals surface area contributed by atoms with Crippen molar-refractivity contribution >= 4 is 11.9 Å². The van der Waals surface area contributed by atoms with Gasteiger partial charge in [-0.1, -0.05) is 26.3 Å². The van der Waals surface area contributed by atoms with Crippen molar-refractivity contribution in [2.45, 2.75) is 78.4 Å². The van der Waals surface area contributed by atoms with Crippen LogP contribution in [-0.2, 0) is 4.74 Å². The highest BCUT2D eigenvalue weighted by molar-refractivity contribution is 5.87. The number of carbonyl (C=O) groups excluding carboxylic acids is 1. The summed E-state index contributed by atoms with van der Waals surface area (Å²) in [4.78, 5) is 21.7. The van der Waals surface area contributed by atoms with Gasteiger partial charge in [0.2, 0.25) is 0 Å². The fourth-order valence-electron chi connectivity index (χ4n) is 3.62. The van der Waals surface area contributed by atoms with E-state index in [0.29, 0.717) is 12.6 Å². The molecule has 1 amide bonds. The Morgan fingerprint density at radius 3 is 2.73 bits per heavy atom. The van der Waals surface area contributed by atoms with E-state index in [0.717, 1.165) is 43.7 Å². The maximum absolute atomic E-state index is 12.8. The van der Waals surface area contributed by atoms with Gasteiger partial charge in [-0.2, -0.15) is 0 Å². The van der Waals surface area contributed by atoms with Gasteiger partial charge >= 0.3 is 6.09 Å². The van der Waals surface area contributed by atoms with E-state index < -0.39 is 5.60 Å². The Kier molecular flexibility index (Phi) is 7.44. The van der Waals surface area contributed by atoms with Crippen LogP contribution in [0.15, 0.2) is 18.3 Å². The van der Waals surface area contributed by atoms with Crippen LogP contribution in [0.1, 0.15) is 78.3 Å². The predicted molar refractivity (Wildman–Crippen MR) is 107 cm³/mol. The lowest BCUT2D eigenvalue weighted by molar-refractivity contribution is 0.0578. The number of nitrogens with zero attached hydrogens (tertiary/aromatic N) is 3. The maximum Gasteiger partial charge on any atom is 0.416 e. The fraction of sp³-hybridized carbons (Fsp3) is 0.714. The average Bonchev–Trinajstić information content (AvgIpc) is 2.59. The number of aromatic nitrogens is 1. The molecule has 0 bridgehead atoms. The first-order valence-electron chi connectivity index (χ1n) is 10.1. The van der Waals surface area contributed by atoms with Crippen LogP contribution in [0.25, 0.3) is 0 Å². The van der Waals surface area contributed by atoms with Crippen LogP contribution in [0.3, 0.4) is 0 Å². The molecular weight excluding hydrogens is 326 g/mol. The van der Waals surface area contributed by atoms with Crippen molar-refractivity contribution < 1.29 is 9.53 Å². The summed E-state index contributed by atoms with van der Waals surface area (Å²) in [6.07, 6.45) is 7.05. The van der Waals surface area contributed by atoms with Gasteiger partial charge in [0.05, 0.1) is 0 Å². The van der Waals surface area contributed by atoms with Gasteiger partial charge in [0.1, 0.15) is 11.4 Å². The second-order valence-electron chi connectivity index (χ2n) is 8.10. The lowest BCUT2D eigenvalue weighted by Crippen LogP contribution is -2.40. The molecule has 1 aliphatic heterocycles. The lowest BCUT2D eigenvalue weighted by atomic mass is 9.95. The summed E-state index contributed by atoms with van der Waals surface area (Å²) >= 11 is 0. The number of anilines is 1. The van der Waals surface area contributed by atoms with Crippen molar-refractivity contribution in [3.63, 3.8) is 0 Å². The quantitative estimate of drug-likeness (QED) is 0.701. The Morgan fingerprint density at radius 1 is 1.31 bits per heavy atom. The molecule has 0 unspecified atom stereocenters. The molecule has 1 saturated heterocycles. The van der Waals surface area contributed by atoms with Gasteiger partial charge in [0.15, 0.2) is 0 Å². The molecular formula is C21H35N3O2. The molecule has 0 aromatic carbocycles. The van der Waals surface area contributed by atoms with Gasteiger partial charge in [-0.05, 0) is 65.6 Å². The minimum Gasteiger partial charge on any atom is -0.443 e. The molecule has 0 aliphatic carbocycles. The summed E-state index contributed by atoms with van der Waals surface area (Å²) < 4.78 is 5.66. The maximum atomic E-state index is 12.8. The number of ether oxygens (including phenoxy) is 1. The first-order chi connectivity index (χ1) is 12.4. The molecule has 26 heavy (non-hydrogen) atoms. The van der Waals surface area contributed by atoms with Crippen molar-refractivity contribution in [1.82, 2.24) is 9.88 Å². The van der Waals surface area contributed by atoms with E-state index in [1.807, 2.05) is 26.8 Å². The number of hydrogen-bond acceptors (Lipinski definition) is 4. The second-order valence-corrected chi connectivity index (χ2v) is 8.10. The molecule has 0 saturated carbocycles. The zero-order chi connectivity index (χ0) is 19.2. The lowest BCUT2D eigenvalue weighted by Gasteiger charge is -2.37. The summed E-state index contributed by atoms with van der Waals surface area (Å²) in [5, 5.41) is 0. The third kappa shape index (κ3) is 5.44. The van der Waals surface area contributed by atoms with Gasteiger partial charge in [0.25, 0.3) is 0 Å². The molecule has 0 spiro atoms. The van der Waals surface area contributed by atoms with Crippen LogP contribution in [0.2, 0.25) is 0 Å². The average molecular weight is 362 g/mol. The highest BCUT2D eigenvalue weighted by Gasteiger charge is 2.30. The van der Waals surface area contributed by atoms with Crippen LogP contribution in [0, 0.1) is 0 Å². The standard InChI is InChI=1S/C21H35N3O2/c1-6-14-23-16-9-8-12-18(23)17-11-10-13-22-19(17)24(15-7-2)20(25)26-21(3,4)5/h10-11,13,18H,6-9,12,14-16H2,1-5H3/t18-/m0/s1. The number of hydrogen-bond donors (Lipinski definition) is 0. The number of likely N-dealkylation sites (tertiary alicyclic amines) is 1. The summed E-state index contributed by atoms with van der Waals surface area (Å²) in [6.45, 7) is 12.8. The Hall–Kier alpha value is -1.62. The van der Waals surface area contributed by atoms with Crippen LogP contribution in [0.4, 0.5) is 10.6 Å². The number of pyridine rings is 1. The highest BCUT2D eigenvalue weighted by atomic mass is 16.6. The minimum atomic E-state index is -0.517. The zero-order valence-electron chi connectivity index (χ0n) is 17.1. The number of rotatable bonds is 6. The number of amides is 1. The summed E-state index contributed by atoms with van der Waals surface area (Å²) in [5.74, 6) is 0.761. The minimum absolute atomic E-state index is 0.308. The van der Waals surface area contributed by atoms with Crippen LogP contribution >= 0.6 is 0 Å². The molecule has 0 radical (unpaired) electrons. The molecule has 0 N–H and O–H groups in total. The Balaban J connectivity index is 2.36. The largest absolute Gasteiger partial charge is 0.443 e. The van der Waals surface area contributed by atoms with E-state index >= 15 is 0 Å². The summed E-state index contributed by atoms with van der Waals surface area (Å²) in [6, 6.07) is 4.44. The van der Waals surface area contributed by atoms with E-state index in [1.165, 1.54) is 12.8 Å². The third-order valence-corrected chi connectivity index (χ3v) is 4.62. The van der Waals surface area contributed by atoms with E-state index in [2.05, 4.69) is 29.8 Å². The molecule has 1 aromatic heterocycles. The SMILES string of the molecule is CCCN(C(=O)OC(C)(C)C)c1ncccc1[C@@H]1CCCCN1CCC. The fourth-order valence-corrected chi connectivity index (χ4v) is 3.62. The van der Waals surface area contributed by atoms with Crippen molar-refractivity contribution in [1.29, 1.82) is 0 Å². The molecule has 146 valence electrons. The smallest absolute Gasteiger partial charge is 0.416 e. The molecule has 1 fully saturated rings. The second kappa shape index (κ2) is 9.36. The summed E-state index contributed by atoms with van der Waals surface area (Å²) in [5.41, 5.74) is 0.636. The van der Waals surface area contributed by atoms with Crippen molar-refractivity contribution in [2.24, 2.45) is 0 Å². The molecule has 2 heterocycles. The molecule has 5 nitrogen and oxygen atoms in total. The number of piperidine rings is 1. The van der Waals surface area contributed by atoms with E-state index in [1.54, 1.807) is 11.1 Å². The first kappa shape index (κ1) is 20.7. The molecule has 1 aromatic rings. The van der Waals surface area contributed by atoms with Gasteiger partial charge in [-0.15, -0.1) is 0 Å². The van der Waals surface area contributed by atoms with Crippen molar-refractivity contribution in [3.8, 4) is 0 Å². The molecule has 1 aliphatic rings. The van der Waals surface area contributed by atoms with Crippen molar-refractivity contribution in [3.05, 3.63) is 23.9 Å². The van der Waals surface area contributed by atoms with Crippen LogP contribution < -0.4 is 4.90 Å². The van der Waals surface area contributed by atoms with E-state index in [-0.39, 0.29) is 6.09 Å². The van der Waals surface area contributed by atoms with Gasteiger partial charge in [0, 0.05) is 24.3 Å².